The van der Waals surface area contributed by atoms with E-state index in [2.05, 4.69) is 0 Å². The molecule has 0 saturated carbocycles. The second-order valence-electron chi connectivity index (χ2n) is 4.67. The Bertz CT molecular complexity index is 523. The van der Waals surface area contributed by atoms with Crippen molar-refractivity contribution in [2.24, 2.45) is 11.5 Å². The second kappa shape index (κ2) is 4.40. The maximum absolute atomic E-state index is 11.8. The van der Waals surface area contributed by atoms with Gasteiger partial charge in [0.15, 0.2) is 9.84 Å². The van der Waals surface area contributed by atoms with E-state index >= 15 is 0 Å². The van der Waals surface area contributed by atoms with Gasteiger partial charge in [-0.3, -0.25) is 0 Å². The van der Waals surface area contributed by atoms with Crippen LogP contribution in [0, 0.1) is 0 Å². The Morgan fingerprint density at radius 2 is 2.00 bits per heavy atom. The van der Waals surface area contributed by atoms with Gasteiger partial charge in [-0.15, -0.1) is 0 Å². The molecule has 0 bridgehead atoms. The van der Waals surface area contributed by atoms with Crippen molar-refractivity contribution in [3.05, 3.63) is 29.3 Å². The molecule has 1 heterocycles. The molecule has 0 saturated heterocycles. The third-order valence-corrected chi connectivity index (χ3v) is 5.12. The van der Waals surface area contributed by atoms with Crippen LogP contribution in [0.2, 0.25) is 0 Å². The quantitative estimate of drug-likeness (QED) is 0.815. The van der Waals surface area contributed by atoms with Crippen LogP contribution in [0.4, 0.5) is 0 Å². The fourth-order valence-electron chi connectivity index (χ4n) is 2.17. The first-order valence-corrected chi connectivity index (χ1v) is 7.44. The maximum atomic E-state index is 11.8. The molecule has 2 atom stereocenters. The van der Waals surface area contributed by atoms with E-state index in [9.17, 15) is 8.42 Å². The third kappa shape index (κ3) is 2.36. The highest BCUT2D eigenvalue weighted by molar-refractivity contribution is 7.91. The molecule has 94 valence electrons. The average Bonchev–Trinajstić information content (AvgIpc) is 2.27. The summed E-state index contributed by atoms with van der Waals surface area (Å²) in [4.78, 5) is 0.462. The lowest BCUT2D eigenvalue weighted by molar-refractivity contribution is 0.580. The van der Waals surface area contributed by atoms with Crippen LogP contribution in [-0.4, -0.2) is 20.2 Å². The van der Waals surface area contributed by atoms with Crippen LogP contribution in [0.25, 0.3) is 0 Å². The Kier molecular flexibility index (Phi) is 3.25. The minimum atomic E-state index is -3.08. The normalized spacial score (nSPS) is 21.6. The number of sulfone groups is 1. The van der Waals surface area contributed by atoms with Crippen molar-refractivity contribution in [3.8, 4) is 0 Å². The summed E-state index contributed by atoms with van der Waals surface area (Å²) in [5, 5.41) is 0. The van der Waals surface area contributed by atoms with Gasteiger partial charge in [0.05, 0.1) is 10.6 Å². The monoisotopic (exact) mass is 254 g/mol. The summed E-state index contributed by atoms with van der Waals surface area (Å²) in [5.74, 6) is 0.249. The summed E-state index contributed by atoms with van der Waals surface area (Å²) in [6, 6.07) is 4.94. The predicted molar refractivity (Wildman–Crippen MR) is 67.4 cm³/mol. The van der Waals surface area contributed by atoms with Gasteiger partial charge in [0.25, 0.3) is 0 Å². The highest BCUT2D eigenvalue weighted by atomic mass is 32.2. The highest BCUT2D eigenvalue weighted by Crippen LogP contribution is 2.27. The predicted octanol–water partition coefficient (Wildman–Crippen LogP) is 0.753. The van der Waals surface area contributed by atoms with E-state index in [-0.39, 0.29) is 17.8 Å². The van der Waals surface area contributed by atoms with Gasteiger partial charge >= 0.3 is 0 Å². The van der Waals surface area contributed by atoms with Crippen LogP contribution < -0.4 is 11.5 Å². The van der Waals surface area contributed by atoms with Crippen LogP contribution in [0.3, 0.4) is 0 Å². The lowest BCUT2D eigenvalue weighted by atomic mass is 9.98. The SMILES string of the molecule is CC(N)C(N)c1ccc2c(c1)CCCS2(=O)=O. The van der Waals surface area contributed by atoms with E-state index in [1.807, 2.05) is 13.0 Å². The Morgan fingerprint density at radius 1 is 1.29 bits per heavy atom. The summed E-state index contributed by atoms with van der Waals surface area (Å²) >= 11 is 0. The van der Waals surface area contributed by atoms with Gasteiger partial charge < -0.3 is 11.5 Å². The molecule has 1 aromatic rings. The van der Waals surface area contributed by atoms with Crippen molar-refractivity contribution in [2.45, 2.75) is 36.7 Å². The minimum Gasteiger partial charge on any atom is -0.326 e. The number of benzene rings is 1. The fourth-order valence-corrected chi connectivity index (χ4v) is 3.75. The number of aryl methyl sites for hydroxylation is 1. The van der Waals surface area contributed by atoms with Gasteiger partial charge in [-0.25, -0.2) is 8.42 Å². The van der Waals surface area contributed by atoms with Crippen LogP contribution in [0.5, 0.6) is 0 Å². The second-order valence-corrected chi connectivity index (χ2v) is 6.75. The van der Waals surface area contributed by atoms with Crippen LogP contribution in [0.1, 0.15) is 30.5 Å². The summed E-state index contributed by atoms with van der Waals surface area (Å²) in [6.45, 7) is 1.85. The number of nitrogens with two attached hydrogens (primary N) is 2. The molecule has 4 N–H and O–H groups in total. The molecule has 0 aliphatic carbocycles. The summed E-state index contributed by atoms with van der Waals surface area (Å²) in [5.41, 5.74) is 13.5. The van der Waals surface area contributed by atoms with Crippen LogP contribution >= 0.6 is 0 Å². The Balaban J connectivity index is 2.45. The third-order valence-electron chi connectivity index (χ3n) is 3.23. The first-order chi connectivity index (χ1) is 7.92. The first kappa shape index (κ1) is 12.5. The average molecular weight is 254 g/mol. The molecule has 17 heavy (non-hydrogen) atoms. The Morgan fingerprint density at radius 3 is 2.65 bits per heavy atom. The molecular weight excluding hydrogens is 236 g/mol. The minimum absolute atomic E-state index is 0.145. The van der Waals surface area contributed by atoms with Crippen molar-refractivity contribution >= 4 is 9.84 Å². The molecule has 5 heteroatoms. The molecule has 0 amide bonds. The molecule has 0 radical (unpaired) electrons. The molecule has 0 aromatic heterocycles. The lowest BCUT2D eigenvalue weighted by Gasteiger charge is -2.21. The molecule has 1 aliphatic heterocycles. The van der Waals surface area contributed by atoms with Crippen LogP contribution in [-0.2, 0) is 16.3 Å². The van der Waals surface area contributed by atoms with E-state index in [0.717, 1.165) is 17.5 Å². The van der Waals surface area contributed by atoms with Gasteiger partial charge in [0, 0.05) is 12.1 Å². The van der Waals surface area contributed by atoms with Crippen molar-refractivity contribution in [3.63, 3.8) is 0 Å². The number of fused-ring (bicyclic) bond motifs is 1. The molecule has 0 spiro atoms. The van der Waals surface area contributed by atoms with Gasteiger partial charge in [-0.2, -0.15) is 0 Å². The Hall–Kier alpha value is -0.910. The molecule has 2 unspecified atom stereocenters. The maximum Gasteiger partial charge on any atom is 0.178 e. The van der Waals surface area contributed by atoms with Crippen molar-refractivity contribution < 1.29 is 8.42 Å². The van der Waals surface area contributed by atoms with E-state index < -0.39 is 9.84 Å². The first-order valence-electron chi connectivity index (χ1n) is 5.78. The fraction of sp³-hybridized carbons (Fsp3) is 0.500. The summed E-state index contributed by atoms with van der Waals surface area (Å²) in [6.07, 6.45) is 1.49. The number of hydrogen-bond acceptors (Lipinski definition) is 4. The highest BCUT2D eigenvalue weighted by Gasteiger charge is 2.24. The zero-order chi connectivity index (χ0) is 12.6. The van der Waals surface area contributed by atoms with Gasteiger partial charge in [0.1, 0.15) is 0 Å². The molecule has 0 fully saturated rings. The summed E-state index contributed by atoms with van der Waals surface area (Å²) < 4.78 is 23.7. The number of rotatable bonds is 2. The van der Waals surface area contributed by atoms with E-state index in [0.29, 0.717) is 11.3 Å². The van der Waals surface area contributed by atoms with Crippen molar-refractivity contribution in [1.82, 2.24) is 0 Å². The van der Waals surface area contributed by atoms with Gasteiger partial charge in [0.2, 0.25) is 0 Å². The molecule has 2 rings (SSSR count). The summed E-state index contributed by atoms with van der Waals surface area (Å²) in [7, 11) is -3.08. The van der Waals surface area contributed by atoms with E-state index in [4.69, 9.17) is 11.5 Å². The molecular formula is C12H18N2O2S. The smallest absolute Gasteiger partial charge is 0.178 e. The van der Waals surface area contributed by atoms with Crippen LogP contribution in [0.15, 0.2) is 23.1 Å². The van der Waals surface area contributed by atoms with Gasteiger partial charge in [-0.1, -0.05) is 12.1 Å². The van der Waals surface area contributed by atoms with Gasteiger partial charge in [-0.05, 0) is 37.0 Å². The molecule has 4 nitrogen and oxygen atoms in total. The van der Waals surface area contributed by atoms with E-state index in [1.165, 1.54) is 0 Å². The lowest BCUT2D eigenvalue weighted by Crippen LogP contribution is -2.31. The van der Waals surface area contributed by atoms with Crippen molar-refractivity contribution in [1.29, 1.82) is 0 Å². The van der Waals surface area contributed by atoms with Crippen molar-refractivity contribution in [2.75, 3.05) is 5.75 Å². The largest absolute Gasteiger partial charge is 0.326 e. The molecule has 1 aromatic carbocycles. The Labute approximate surface area is 102 Å². The molecule has 1 aliphatic rings. The zero-order valence-corrected chi connectivity index (χ0v) is 10.7. The topological polar surface area (TPSA) is 86.2 Å². The number of hydrogen-bond donors (Lipinski definition) is 2. The van der Waals surface area contributed by atoms with E-state index in [1.54, 1.807) is 12.1 Å². The standard InChI is InChI=1S/C12H18N2O2S/c1-8(13)12(14)10-4-5-11-9(7-10)3-2-6-17(11,15)16/h4-5,7-8,12H,2-3,6,13-14H2,1H3. The zero-order valence-electron chi connectivity index (χ0n) is 9.89.